The summed E-state index contributed by atoms with van der Waals surface area (Å²) in [4.78, 5) is 23.3. The average Bonchev–Trinajstić information content (AvgIpc) is 2.55. The van der Waals surface area contributed by atoms with Crippen molar-refractivity contribution >= 4 is 23.6 Å². The van der Waals surface area contributed by atoms with Gasteiger partial charge < -0.3 is 9.47 Å². The molecule has 0 spiro atoms. The fourth-order valence-electron chi connectivity index (χ4n) is 1.75. The molecule has 0 aromatic heterocycles. The Hall–Kier alpha value is -3.02. The number of hydrogen-bond acceptors (Lipinski definition) is 4. The maximum Gasteiger partial charge on any atom is 0.412 e. The van der Waals surface area contributed by atoms with Crippen molar-refractivity contribution < 1.29 is 19.1 Å². The van der Waals surface area contributed by atoms with Crippen LogP contribution in [0.15, 0.2) is 60.7 Å². The third-order valence-electron chi connectivity index (χ3n) is 2.80. The molecule has 2 N–H and O–H groups in total. The van der Waals surface area contributed by atoms with Crippen molar-refractivity contribution in [3.63, 3.8) is 0 Å². The van der Waals surface area contributed by atoms with Crippen molar-refractivity contribution in [2.24, 2.45) is 0 Å². The third kappa shape index (κ3) is 6.09. The lowest BCUT2D eigenvalue weighted by Gasteiger charge is -2.14. The van der Waals surface area contributed by atoms with Gasteiger partial charge in [-0.15, -0.1) is 0 Å². The van der Waals surface area contributed by atoms with E-state index in [2.05, 4.69) is 10.6 Å². The Labute approximate surface area is 134 Å². The summed E-state index contributed by atoms with van der Waals surface area (Å²) < 4.78 is 10.1. The molecule has 2 amide bonds. The van der Waals surface area contributed by atoms with Gasteiger partial charge in [-0.25, -0.2) is 9.59 Å². The molecule has 1 atom stereocenters. The van der Waals surface area contributed by atoms with E-state index in [1.807, 2.05) is 12.1 Å². The van der Waals surface area contributed by atoms with Crippen LogP contribution in [0.3, 0.4) is 0 Å². The fraction of sp³-hybridized carbons (Fsp3) is 0.176. The summed E-state index contributed by atoms with van der Waals surface area (Å²) >= 11 is 0. The van der Waals surface area contributed by atoms with Crippen LogP contribution >= 0.6 is 0 Å². The molecule has 2 aromatic rings. The molecule has 23 heavy (non-hydrogen) atoms. The summed E-state index contributed by atoms with van der Waals surface area (Å²) in [5, 5.41) is 5.16. The van der Waals surface area contributed by atoms with Gasteiger partial charge in [-0.1, -0.05) is 36.4 Å². The number of benzene rings is 2. The van der Waals surface area contributed by atoms with Gasteiger partial charge in [-0.2, -0.15) is 0 Å². The van der Waals surface area contributed by atoms with Crippen molar-refractivity contribution in [2.75, 3.05) is 17.2 Å². The molecule has 0 aliphatic carbocycles. The zero-order valence-corrected chi connectivity index (χ0v) is 12.7. The second kappa shape index (κ2) is 8.43. The molecule has 0 aliphatic heterocycles. The van der Waals surface area contributed by atoms with E-state index in [-0.39, 0.29) is 6.61 Å². The summed E-state index contributed by atoms with van der Waals surface area (Å²) in [6.07, 6.45) is -1.77. The van der Waals surface area contributed by atoms with Gasteiger partial charge in [0.2, 0.25) is 0 Å². The Kier molecular flexibility index (Phi) is 5.99. The van der Waals surface area contributed by atoms with Gasteiger partial charge in [-0.05, 0) is 31.2 Å². The molecule has 2 aromatic carbocycles. The monoisotopic (exact) mass is 314 g/mol. The van der Waals surface area contributed by atoms with Gasteiger partial charge in [0, 0.05) is 11.4 Å². The summed E-state index contributed by atoms with van der Waals surface area (Å²) in [5.74, 6) is 0. The van der Waals surface area contributed by atoms with Gasteiger partial charge >= 0.3 is 12.2 Å². The Morgan fingerprint density at radius 2 is 1.35 bits per heavy atom. The topological polar surface area (TPSA) is 76.7 Å². The number of carbonyl (C=O) groups is 2. The number of nitrogens with one attached hydrogen (secondary N) is 2. The number of anilines is 2. The van der Waals surface area contributed by atoms with Gasteiger partial charge in [0.05, 0.1) is 0 Å². The Bertz CT molecular complexity index is 632. The van der Waals surface area contributed by atoms with E-state index in [0.29, 0.717) is 11.4 Å². The minimum Gasteiger partial charge on any atom is -0.445 e. The fourth-order valence-corrected chi connectivity index (χ4v) is 1.75. The van der Waals surface area contributed by atoms with Crippen molar-refractivity contribution in [3.05, 3.63) is 60.7 Å². The molecule has 0 unspecified atom stereocenters. The van der Waals surface area contributed by atoms with Crippen LogP contribution in [0.4, 0.5) is 21.0 Å². The van der Waals surface area contributed by atoms with E-state index in [1.54, 1.807) is 55.5 Å². The lowest BCUT2D eigenvalue weighted by atomic mass is 10.3. The van der Waals surface area contributed by atoms with E-state index >= 15 is 0 Å². The first kappa shape index (κ1) is 16.4. The van der Waals surface area contributed by atoms with Crippen LogP contribution < -0.4 is 10.6 Å². The Morgan fingerprint density at radius 1 is 0.870 bits per heavy atom. The summed E-state index contributed by atoms with van der Waals surface area (Å²) in [7, 11) is 0. The van der Waals surface area contributed by atoms with Crippen LogP contribution in [0, 0.1) is 0 Å². The molecule has 2 rings (SSSR count). The molecule has 0 radical (unpaired) electrons. The molecule has 0 heterocycles. The van der Waals surface area contributed by atoms with Gasteiger partial charge in [0.25, 0.3) is 0 Å². The van der Waals surface area contributed by atoms with E-state index in [0.717, 1.165) is 0 Å². The summed E-state index contributed by atoms with van der Waals surface area (Å²) in [6.45, 7) is 1.60. The van der Waals surface area contributed by atoms with Crippen LogP contribution in [-0.2, 0) is 9.47 Å². The van der Waals surface area contributed by atoms with Crippen molar-refractivity contribution in [2.45, 2.75) is 13.0 Å². The van der Waals surface area contributed by atoms with E-state index in [1.165, 1.54) is 0 Å². The second-order valence-corrected chi connectivity index (χ2v) is 4.80. The molecule has 0 bridgehead atoms. The zero-order chi connectivity index (χ0) is 16.5. The third-order valence-corrected chi connectivity index (χ3v) is 2.80. The molecule has 0 saturated carbocycles. The zero-order valence-electron chi connectivity index (χ0n) is 12.7. The van der Waals surface area contributed by atoms with E-state index in [4.69, 9.17) is 9.47 Å². The lowest BCUT2D eigenvalue weighted by molar-refractivity contribution is 0.0651. The number of carbonyl (C=O) groups excluding carboxylic acids is 2. The first-order chi connectivity index (χ1) is 11.1. The standard InChI is InChI=1S/C17H18N2O4/c1-13(23-17(21)19-15-10-6-3-7-11-15)12-22-16(20)18-14-8-4-2-5-9-14/h2-11,13H,12H2,1H3,(H,18,20)(H,19,21)/t13-/m1/s1. The van der Waals surface area contributed by atoms with Crippen molar-refractivity contribution in [1.82, 2.24) is 0 Å². The van der Waals surface area contributed by atoms with Gasteiger partial charge in [-0.3, -0.25) is 10.6 Å². The smallest absolute Gasteiger partial charge is 0.412 e. The van der Waals surface area contributed by atoms with Crippen molar-refractivity contribution in [1.29, 1.82) is 0 Å². The predicted molar refractivity (Wildman–Crippen MR) is 87.4 cm³/mol. The van der Waals surface area contributed by atoms with Crippen LogP contribution in [0.2, 0.25) is 0 Å². The highest BCUT2D eigenvalue weighted by Crippen LogP contribution is 2.07. The van der Waals surface area contributed by atoms with Crippen LogP contribution in [0.1, 0.15) is 6.92 Å². The Morgan fingerprint density at radius 3 is 1.87 bits per heavy atom. The SMILES string of the molecule is C[C@H](COC(=O)Nc1ccccc1)OC(=O)Nc1ccccc1. The van der Waals surface area contributed by atoms with E-state index in [9.17, 15) is 9.59 Å². The number of hydrogen-bond donors (Lipinski definition) is 2. The molecule has 0 fully saturated rings. The van der Waals surface area contributed by atoms with Gasteiger partial charge in [0.1, 0.15) is 12.7 Å². The number of rotatable bonds is 5. The summed E-state index contributed by atoms with van der Waals surface area (Å²) in [5.41, 5.74) is 1.26. The predicted octanol–water partition coefficient (Wildman–Crippen LogP) is 3.87. The lowest BCUT2D eigenvalue weighted by Crippen LogP contribution is -2.26. The van der Waals surface area contributed by atoms with Gasteiger partial charge in [0.15, 0.2) is 0 Å². The Balaban J connectivity index is 1.69. The summed E-state index contributed by atoms with van der Waals surface area (Å²) in [6, 6.07) is 17.9. The average molecular weight is 314 g/mol. The van der Waals surface area contributed by atoms with Crippen molar-refractivity contribution in [3.8, 4) is 0 Å². The molecule has 0 aliphatic rings. The maximum atomic E-state index is 11.7. The molecule has 0 saturated heterocycles. The van der Waals surface area contributed by atoms with Crippen LogP contribution in [0.25, 0.3) is 0 Å². The number of para-hydroxylation sites is 2. The molecule has 120 valence electrons. The molecule has 6 heteroatoms. The highest BCUT2D eigenvalue weighted by atomic mass is 16.6. The maximum absolute atomic E-state index is 11.7. The van der Waals surface area contributed by atoms with Crippen LogP contribution in [-0.4, -0.2) is 24.9 Å². The highest BCUT2D eigenvalue weighted by molar-refractivity contribution is 5.85. The largest absolute Gasteiger partial charge is 0.445 e. The second-order valence-electron chi connectivity index (χ2n) is 4.80. The number of amides is 2. The van der Waals surface area contributed by atoms with E-state index < -0.39 is 18.3 Å². The molecular weight excluding hydrogens is 296 g/mol. The normalized spacial score (nSPS) is 11.2. The first-order valence-corrected chi connectivity index (χ1v) is 7.15. The van der Waals surface area contributed by atoms with Crippen LogP contribution in [0.5, 0.6) is 0 Å². The minimum absolute atomic E-state index is 0.0408. The molecular formula is C17H18N2O4. The minimum atomic E-state index is -0.602. The molecule has 6 nitrogen and oxygen atoms in total. The number of ether oxygens (including phenoxy) is 2. The first-order valence-electron chi connectivity index (χ1n) is 7.15. The quantitative estimate of drug-likeness (QED) is 0.878. The highest BCUT2D eigenvalue weighted by Gasteiger charge is 2.12.